The molecule has 0 amide bonds. The Morgan fingerprint density at radius 3 is 2.69 bits per heavy atom. The molecule has 0 bridgehead atoms. The number of benzene rings is 1. The van der Waals surface area contributed by atoms with Crippen molar-refractivity contribution in [2.45, 2.75) is 12.8 Å². The molecule has 1 saturated heterocycles. The summed E-state index contributed by atoms with van der Waals surface area (Å²) in [5.74, 6) is 1.69. The van der Waals surface area contributed by atoms with Crippen LogP contribution in [0.2, 0.25) is 0 Å². The topological polar surface area (TPSA) is 41.5 Å². The standard InChI is InChI=1S/C13H19NO2/c1-2-16-12-5-3-10(4-6-12)13-8-14-7-11(13)9-15/h3-6,11,13-15H,2,7-9H2,1H3/t11-,13+/m1/s1. The first-order valence-electron chi connectivity index (χ1n) is 5.89. The summed E-state index contributed by atoms with van der Waals surface area (Å²) in [5, 5.41) is 12.6. The van der Waals surface area contributed by atoms with Crippen molar-refractivity contribution in [3.63, 3.8) is 0 Å². The third kappa shape index (κ3) is 2.36. The molecule has 0 radical (unpaired) electrons. The van der Waals surface area contributed by atoms with Crippen LogP contribution in [0, 0.1) is 5.92 Å². The van der Waals surface area contributed by atoms with Crippen molar-refractivity contribution in [1.29, 1.82) is 0 Å². The summed E-state index contributed by atoms with van der Waals surface area (Å²) in [5.41, 5.74) is 1.28. The maximum Gasteiger partial charge on any atom is 0.119 e. The van der Waals surface area contributed by atoms with E-state index < -0.39 is 0 Å². The number of hydrogen-bond acceptors (Lipinski definition) is 3. The molecule has 3 heteroatoms. The molecule has 2 N–H and O–H groups in total. The molecule has 2 rings (SSSR count). The number of nitrogens with one attached hydrogen (secondary N) is 1. The first-order chi connectivity index (χ1) is 7.85. The lowest BCUT2D eigenvalue weighted by atomic mass is 9.89. The second-order valence-corrected chi connectivity index (χ2v) is 4.21. The van der Waals surface area contributed by atoms with Crippen molar-refractivity contribution >= 4 is 0 Å². The smallest absolute Gasteiger partial charge is 0.119 e. The maximum absolute atomic E-state index is 9.27. The second-order valence-electron chi connectivity index (χ2n) is 4.21. The Morgan fingerprint density at radius 2 is 2.06 bits per heavy atom. The molecule has 0 unspecified atom stereocenters. The van der Waals surface area contributed by atoms with Crippen molar-refractivity contribution < 1.29 is 9.84 Å². The highest BCUT2D eigenvalue weighted by Crippen LogP contribution is 2.28. The molecule has 1 fully saturated rings. The van der Waals surface area contributed by atoms with Crippen LogP contribution in [0.15, 0.2) is 24.3 Å². The SMILES string of the molecule is CCOc1ccc([C@@H]2CNC[C@@H]2CO)cc1. The van der Waals surface area contributed by atoms with Crippen molar-refractivity contribution in [3.8, 4) is 5.75 Å². The predicted octanol–water partition coefficient (Wildman–Crippen LogP) is 1.38. The Balaban J connectivity index is 2.08. The molecule has 1 heterocycles. The summed E-state index contributed by atoms with van der Waals surface area (Å²) in [6.45, 7) is 4.80. The van der Waals surface area contributed by atoms with Crippen LogP contribution >= 0.6 is 0 Å². The van der Waals surface area contributed by atoms with E-state index in [-0.39, 0.29) is 6.61 Å². The first kappa shape index (κ1) is 11.4. The average molecular weight is 221 g/mol. The first-order valence-corrected chi connectivity index (χ1v) is 5.89. The summed E-state index contributed by atoms with van der Waals surface area (Å²) >= 11 is 0. The molecule has 88 valence electrons. The molecular weight excluding hydrogens is 202 g/mol. The van der Waals surface area contributed by atoms with Gasteiger partial charge in [0.2, 0.25) is 0 Å². The van der Waals surface area contributed by atoms with Gasteiger partial charge in [-0.05, 0) is 24.6 Å². The van der Waals surface area contributed by atoms with Crippen LogP contribution < -0.4 is 10.1 Å². The number of hydrogen-bond donors (Lipinski definition) is 2. The lowest BCUT2D eigenvalue weighted by Crippen LogP contribution is -2.14. The zero-order chi connectivity index (χ0) is 11.4. The quantitative estimate of drug-likeness (QED) is 0.807. The normalized spacial score (nSPS) is 24.6. The van der Waals surface area contributed by atoms with Crippen molar-refractivity contribution in [3.05, 3.63) is 29.8 Å². The van der Waals surface area contributed by atoms with Crippen LogP contribution in [0.3, 0.4) is 0 Å². The molecular formula is C13H19NO2. The van der Waals surface area contributed by atoms with E-state index in [1.807, 2.05) is 19.1 Å². The molecule has 0 aliphatic carbocycles. The molecule has 2 atom stereocenters. The van der Waals surface area contributed by atoms with Gasteiger partial charge in [0.05, 0.1) is 6.61 Å². The molecule has 1 aliphatic heterocycles. The minimum Gasteiger partial charge on any atom is -0.494 e. The molecule has 1 aromatic carbocycles. The zero-order valence-corrected chi connectivity index (χ0v) is 9.65. The van der Waals surface area contributed by atoms with E-state index in [0.29, 0.717) is 18.4 Å². The van der Waals surface area contributed by atoms with E-state index in [2.05, 4.69) is 17.4 Å². The van der Waals surface area contributed by atoms with Gasteiger partial charge in [0.15, 0.2) is 0 Å². The zero-order valence-electron chi connectivity index (χ0n) is 9.65. The molecule has 0 aromatic heterocycles. The van der Waals surface area contributed by atoms with Crippen LogP contribution in [0.4, 0.5) is 0 Å². The Kier molecular flexibility index (Phi) is 3.80. The van der Waals surface area contributed by atoms with Gasteiger partial charge in [-0.3, -0.25) is 0 Å². The summed E-state index contributed by atoms with van der Waals surface area (Å²) in [6, 6.07) is 8.22. The Morgan fingerprint density at radius 1 is 1.31 bits per heavy atom. The van der Waals surface area contributed by atoms with Gasteiger partial charge < -0.3 is 15.2 Å². The van der Waals surface area contributed by atoms with Gasteiger partial charge in [-0.1, -0.05) is 12.1 Å². The van der Waals surface area contributed by atoms with Crippen molar-refractivity contribution in [2.75, 3.05) is 26.3 Å². The molecule has 16 heavy (non-hydrogen) atoms. The third-order valence-electron chi connectivity index (χ3n) is 3.19. The van der Waals surface area contributed by atoms with Crippen LogP contribution in [0.1, 0.15) is 18.4 Å². The second kappa shape index (κ2) is 5.32. The number of aliphatic hydroxyl groups excluding tert-OH is 1. The molecule has 3 nitrogen and oxygen atoms in total. The Labute approximate surface area is 96.4 Å². The highest BCUT2D eigenvalue weighted by molar-refractivity contribution is 5.30. The van der Waals surface area contributed by atoms with Gasteiger partial charge in [-0.25, -0.2) is 0 Å². The Bertz CT molecular complexity index is 323. The van der Waals surface area contributed by atoms with Crippen LogP contribution in [0.5, 0.6) is 5.75 Å². The van der Waals surface area contributed by atoms with Gasteiger partial charge in [-0.15, -0.1) is 0 Å². The van der Waals surface area contributed by atoms with E-state index in [0.717, 1.165) is 18.8 Å². The van der Waals surface area contributed by atoms with Gasteiger partial charge >= 0.3 is 0 Å². The third-order valence-corrected chi connectivity index (χ3v) is 3.19. The summed E-state index contributed by atoms with van der Waals surface area (Å²) in [6.07, 6.45) is 0. The van der Waals surface area contributed by atoms with E-state index in [1.54, 1.807) is 0 Å². The van der Waals surface area contributed by atoms with Crippen molar-refractivity contribution in [1.82, 2.24) is 5.32 Å². The Hall–Kier alpha value is -1.06. The molecule has 1 aromatic rings. The van der Waals surface area contributed by atoms with Crippen LogP contribution in [-0.2, 0) is 0 Å². The summed E-state index contributed by atoms with van der Waals surface area (Å²) < 4.78 is 5.41. The highest BCUT2D eigenvalue weighted by Gasteiger charge is 2.27. The molecule has 0 saturated carbocycles. The number of ether oxygens (including phenoxy) is 1. The fourth-order valence-corrected chi connectivity index (χ4v) is 2.29. The largest absolute Gasteiger partial charge is 0.494 e. The van der Waals surface area contributed by atoms with Crippen LogP contribution in [-0.4, -0.2) is 31.4 Å². The fourth-order valence-electron chi connectivity index (χ4n) is 2.29. The highest BCUT2D eigenvalue weighted by atomic mass is 16.5. The lowest BCUT2D eigenvalue weighted by Gasteiger charge is -2.16. The van der Waals surface area contributed by atoms with E-state index in [9.17, 15) is 5.11 Å². The lowest BCUT2D eigenvalue weighted by molar-refractivity contribution is 0.226. The number of aliphatic hydroxyl groups is 1. The average Bonchev–Trinajstić information content (AvgIpc) is 2.78. The molecule has 1 aliphatic rings. The minimum absolute atomic E-state index is 0.255. The summed E-state index contributed by atoms with van der Waals surface area (Å²) in [7, 11) is 0. The van der Waals surface area contributed by atoms with Crippen molar-refractivity contribution in [2.24, 2.45) is 5.92 Å². The maximum atomic E-state index is 9.27. The molecule has 0 spiro atoms. The van der Waals surface area contributed by atoms with E-state index in [1.165, 1.54) is 5.56 Å². The van der Waals surface area contributed by atoms with Gasteiger partial charge in [0, 0.05) is 31.5 Å². The van der Waals surface area contributed by atoms with Crippen LogP contribution in [0.25, 0.3) is 0 Å². The number of rotatable bonds is 4. The van der Waals surface area contributed by atoms with Gasteiger partial charge in [0.1, 0.15) is 5.75 Å². The monoisotopic (exact) mass is 221 g/mol. The fraction of sp³-hybridized carbons (Fsp3) is 0.538. The van der Waals surface area contributed by atoms with Gasteiger partial charge in [-0.2, -0.15) is 0 Å². The predicted molar refractivity (Wildman–Crippen MR) is 63.8 cm³/mol. The minimum atomic E-state index is 0.255. The summed E-state index contributed by atoms with van der Waals surface area (Å²) in [4.78, 5) is 0. The van der Waals surface area contributed by atoms with E-state index >= 15 is 0 Å². The van der Waals surface area contributed by atoms with Gasteiger partial charge in [0.25, 0.3) is 0 Å². The van der Waals surface area contributed by atoms with E-state index in [4.69, 9.17) is 4.74 Å².